The molecule has 0 aliphatic heterocycles. The molecule has 6 heteroatoms. The number of nitrogens with zero attached hydrogens (tertiary/aromatic N) is 3. The molecule has 1 aromatic carbocycles. The maximum Gasteiger partial charge on any atom is 0.262 e. The van der Waals surface area contributed by atoms with Gasteiger partial charge in [-0.25, -0.2) is 4.98 Å². The summed E-state index contributed by atoms with van der Waals surface area (Å²) in [6, 6.07) is 5.22. The van der Waals surface area contributed by atoms with Crippen LogP contribution in [-0.4, -0.2) is 20.2 Å². The number of aryl methyl sites for hydroxylation is 1. The summed E-state index contributed by atoms with van der Waals surface area (Å²) in [4.78, 5) is 8.34. The third-order valence-corrected chi connectivity index (χ3v) is 3.06. The number of thiazole rings is 1. The van der Waals surface area contributed by atoms with E-state index in [1.165, 1.54) is 11.3 Å². The Balaban J connectivity index is 2.05. The maximum absolute atomic E-state index is 9.79. The van der Waals surface area contributed by atoms with Crippen molar-refractivity contribution in [3.63, 3.8) is 0 Å². The lowest BCUT2D eigenvalue weighted by Gasteiger charge is -1.99. The highest BCUT2D eigenvalue weighted by Crippen LogP contribution is 2.29. The lowest BCUT2D eigenvalue weighted by molar-refractivity contribution is 0.425. The monoisotopic (exact) mass is 259 g/mol. The van der Waals surface area contributed by atoms with E-state index < -0.39 is 0 Å². The minimum absolute atomic E-state index is 0.120. The fraction of sp³-hybridized carbons (Fsp3) is 0.0833. The summed E-state index contributed by atoms with van der Waals surface area (Å²) in [5.41, 5.74) is 3.91. The van der Waals surface area contributed by atoms with E-state index in [1.54, 1.807) is 17.6 Å². The van der Waals surface area contributed by atoms with Gasteiger partial charge in [0, 0.05) is 5.38 Å². The number of aromatic hydroxyl groups is 1. The van der Waals surface area contributed by atoms with E-state index in [9.17, 15) is 5.11 Å². The van der Waals surface area contributed by atoms with Gasteiger partial charge in [-0.15, -0.1) is 11.3 Å². The standard InChI is InChI=1S/C12H9N3O2S/c1-7-2-3-10(16)8(4-7)12-14-11(15-17-12)9-5-18-6-13-9/h2-6,16H,1H3. The first-order chi connectivity index (χ1) is 8.74. The largest absolute Gasteiger partial charge is 0.507 e. The summed E-state index contributed by atoms with van der Waals surface area (Å²) >= 11 is 1.46. The van der Waals surface area contributed by atoms with Gasteiger partial charge in [-0.05, 0) is 19.1 Å². The van der Waals surface area contributed by atoms with Gasteiger partial charge in [-0.1, -0.05) is 16.8 Å². The number of hydrogen-bond acceptors (Lipinski definition) is 6. The number of aromatic nitrogens is 3. The summed E-state index contributed by atoms with van der Waals surface area (Å²) < 4.78 is 5.15. The van der Waals surface area contributed by atoms with E-state index in [1.807, 2.05) is 18.4 Å². The second-order valence-electron chi connectivity index (χ2n) is 3.82. The quantitative estimate of drug-likeness (QED) is 0.766. The van der Waals surface area contributed by atoms with Crippen LogP contribution in [0.3, 0.4) is 0 Å². The molecule has 0 unspecified atom stereocenters. The van der Waals surface area contributed by atoms with Crippen molar-refractivity contribution in [2.75, 3.05) is 0 Å². The van der Waals surface area contributed by atoms with Crippen molar-refractivity contribution in [1.82, 2.24) is 15.1 Å². The van der Waals surface area contributed by atoms with Gasteiger partial charge in [0.1, 0.15) is 11.4 Å². The van der Waals surface area contributed by atoms with Crippen LogP contribution in [0.25, 0.3) is 23.0 Å². The second-order valence-corrected chi connectivity index (χ2v) is 4.54. The first-order valence-electron chi connectivity index (χ1n) is 5.26. The lowest BCUT2D eigenvalue weighted by Crippen LogP contribution is -1.82. The van der Waals surface area contributed by atoms with Crippen LogP contribution >= 0.6 is 11.3 Å². The van der Waals surface area contributed by atoms with E-state index in [4.69, 9.17) is 4.52 Å². The fourth-order valence-corrected chi connectivity index (χ4v) is 2.11. The van der Waals surface area contributed by atoms with Crippen molar-refractivity contribution in [3.8, 4) is 28.7 Å². The molecule has 1 N–H and O–H groups in total. The maximum atomic E-state index is 9.79. The normalized spacial score (nSPS) is 10.7. The Morgan fingerprint density at radius 2 is 2.22 bits per heavy atom. The van der Waals surface area contributed by atoms with Crippen LogP contribution < -0.4 is 0 Å². The highest BCUT2D eigenvalue weighted by atomic mass is 32.1. The van der Waals surface area contributed by atoms with Crippen LogP contribution in [0.15, 0.2) is 33.6 Å². The minimum atomic E-state index is 0.120. The predicted octanol–water partition coefficient (Wildman–Crippen LogP) is 2.87. The number of phenolic OH excluding ortho intramolecular Hbond substituents is 1. The number of rotatable bonds is 2. The van der Waals surface area contributed by atoms with Crippen LogP contribution in [0.2, 0.25) is 0 Å². The van der Waals surface area contributed by atoms with E-state index in [2.05, 4.69) is 15.1 Å². The summed E-state index contributed by atoms with van der Waals surface area (Å²) in [6.45, 7) is 1.93. The van der Waals surface area contributed by atoms with Crippen LogP contribution in [0, 0.1) is 6.92 Å². The molecule has 18 heavy (non-hydrogen) atoms. The van der Waals surface area contributed by atoms with Gasteiger partial charge in [0.2, 0.25) is 5.82 Å². The van der Waals surface area contributed by atoms with Gasteiger partial charge in [0.05, 0.1) is 11.1 Å². The van der Waals surface area contributed by atoms with Crippen molar-refractivity contribution in [3.05, 3.63) is 34.7 Å². The average Bonchev–Trinajstić information content (AvgIpc) is 3.00. The molecule has 0 bridgehead atoms. The summed E-state index contributed by atoms with van der Waals surface area (Å²) in [7, 11) is 0. The summed E-state index contributed by atoms with van der Waals surface area (Å²) in [6.07, 6.45) is 0. The molecule has 0 spiro atoms. The Bertz CT molecular complexity index is 676. The first-order valence-corrected chi connectivity index (χ1v) is 6.20. The molecule has 5 nitrogen and oxygen atoms in total. The van der Waals surface area contributed by atoms with Crippen molar-refractivity contribution in [1.29, 1.82) is 0 Å². The van der Waals surface area contributed by atoms with Gasteiger partial charge in [0.15, 0.2) is 0 Å². The minimum Gasteiger partial charge on any atom is -0.507 e. The van der Waals surface area contributed by atoms with E-state index in [0.29, 0.717) is 23.0 Å². The van der Waals surface area contributed by atoms with Gasteiger partial charge in [-0.2, -0.15) is 4.98 Å². The third-order valence-electron chi connectivity index (χ3n) is 2.47. The van der Waals surface area contributed by atoms with Crippen molar-refractivity contribution in [2.24, 2.45) is 0 Å². The van der Waals surface area contributed by atoms with E-state index >= 15 is 0 Å². The van der Waals surface area contributed by atoms with Crippen LogP contribution in [-0.2, 0) is 0 Å². The average molecular weight is 259 g/mol. The third kappa shape index (κ3) is 1.86. The van der Waals surface area contributed by atoms with Crippen molar-refractivity contribution in [2.45, 2.75) is 6.92 Å². The van der Waals surface area contributed by atoms with Gasteiger partial charge < -0.3 is 9.63 Å². The van der Waals surface area contributed by atoms with Crippen LogP contribution in [0.4, 0.5) is 0 Å². The first kappa shape index (κ1) is 10.9. The molecule has 90 valence electrons. The number of hydrogen-bond donors (Lipinski definition) is 1. The summed E-state index contributed by atoms with van der Waals surface area (Å²) in [5.74, 6) is 0.834. The Morgan fingerprint density at radius 1 is 1.33 bits per heavy atom. The van der Waals surface area contributed by atoms with Crippen LogP contribution in [0.1, 0.15) is 5.56 Å². The zero-order valence-electron chi connectivity index (χ0n) is 9.49. The van der Waals surface area contributed by atoms with Gasteiger partial charge in [-0.3, -0.25) is 0 Å². The Labute approximate surface area is 107 Å². The molecule has 0 amide bonds. The van der Waals surface area contributed by atoms with E-state index in [0.717, 1.165) is 5.56 Å². The molecule has 0 saturated heterocycles. The van der Waals surface area contributed by atoms with Crippen molar-refractivity contribution >= 4 is 11.3 Å². The molecule has 0 radical (unpaired) electrons. The predicted molar refractivity (Wildman–Crippen MR) is 67.2 cm³/mol. The highest BCUT2D eigenvalue weighted by Gasteiger charge is 2.14. The molecular weight excluding hydrogens is 250 g/mol. The summed E-state index contributed by atoms with van der Waals surface area (Å²) in [5, 5.41) is 15.5. The zero-order valence-corrected chi connectivity index (χ0v) is 10.3. The molecule has 2 heterocycles. The Morgan fingerprint density at radius 3 is 3.00 bits per heavy atom. The van der Waals surface area contributed by atoms with Gasteiger partial charge in [0.25, 0.3) is 5.89 Å². The molecule has 0 aliphatic carbocycles. The van der Waals surface area contributed by atoms with E-state index in [-0.39, 0.29) is 5.75 Å². The topological polar surface area (TPSA) is 72.0 Å². The molecule has 0 saturated carbocycles. The molecule has 2 aromatic heterocycles. The lowest BCUT2D eigenvalue weighted by atomic mass is 10.1. The molecule has 3 aromatic rings. The molecular formula is C12H9N3O2S. The molecule has 0 atom stereocenters. The van der Waals surface area contributed by atoms with Gasteiger partial charge >= 0.3 is 0 Å². The molecule has 0 aliphatic rings. The SMILES string of the molecule is Cc1ccc(O)c(-c2nc(-c3cscn3)no2)c1. The van der Waals surface area contributed by atoms with Crippen LogP contribution in [0.5, 0.6) is 5.75 Å². The Kier molecular flexibility index (Phi) is 2.56. The highest BCUT2D eigenvalue weighted by molar-refractivity contribution is 7.07. The fourth-order valence-electron chi connectivity index (χ4n) is 1.58. The Hall–Kier alpha value is -2.21. The number of phenols is 1. The zero-order chi connectivity index (χ0) is 12.5. The number of benzene rings is 1. The molecule has 0 fully saturated rings. The molecule has 3 rings (SSSR count). The van der Waals surface area contributed by atoms with Crippen molar-refractivity contribution < 1.29 is 9.63 Å². The smallest absolute Gasteiger partial charge is 0.262 e. The second kappa shape index (κ2) is 4.23.